The standard InChI is InChI=1S/C21H25NO2.ClH/c1-4-10-24-21-14-18-17(13-20(21)23-3)11-15(2)22-19(18)12-16-8-6-5-7-9-16;/h5-9,13-15H,4,10-12H2,1-3H3;1H. The summed E-state index contributed by atoms with van der Waals surface area (Å²) in [6.45, 7) is 4.97. The van der Waals surface area contributed by atoms with Crippen molar-refractivity contribution in [3.05, 3.63) is 59.2 Å². The fourth-order valence-corrected chi connectivity index (χ4v) is 3.15. The molecule has 0 spiro atoms. The summed E-state index contributed by atoms with van der Waals surface area (Å²) in [5.74, 6) is 1.63. The second kappa shape index (κ2) is 8.91. The van der Waals surface area contributed by atoms with Gasteiger partial charge in [-0.2, -0.15) is 0 Å². The van der Waals surface area contributed by atoms with E-state index in [4.69, 9.17) is 14.5 Å². The molecular formula is C21H26ClNO2. The molecule has 0 fully saturated rings. The van der Waals surface area contributed by atoms with Crippen LogP contribution in [-0.4, -0.2) is 25.5 Å². The van der Waals surface area contributed by atoms with Gasteiger partial charge in [0.2, 0.25) is 0 Å². The molecule has 0 N–H and O–H groups in total. The Hall–Kier alpha value is -2.00. The zero-order valence-corrected chi connectivity index (χ0v) is 15.9. The summed E-state index contributed by atoms with van der Waals surface area (Å²) >= 11 is 0. The van der Waals surface area contributed by atoms with Crippen LogP contribution < -0.4 is 9.47 Å². The third-order valence-corrected chi connectivity index (χ3v) is 4.27. The largest absolute Gasteiger partial charge is 0.493 e. The lowest BCUT2D eigenvalue weighted by atomic mass is 9.90. The first-order chi connectivity index (χ1) is 11.7. The summed E-state index contributed by atoms with van der Waals surface area (Å²) in [6, 6.07) is 15.0. The van der Waals surface area contributed by atoms with Crippen LogP contribution in [0.5, 0.6) is 11.5 Å². The van der Waals surface area contributed by atoms with E-state index in [-0.39, 0.29) is 12.4 Å². The predicted octanol–water partition coefficient (Wildman–Crippen LogP) is 4.88. The number of nitrogens with zero attached hydrogens (tertiary/aromatic N) is 1. The molecule has 0 aliphatic carbocycles. The molecule has 3 rings (SSSR count). The van der Waals surface area contributed by atoms with Gasteiger partial charge in [-0.1, -0.05) is 37.3 Å². The van der Waals surface area contributed by atoms with E-state index < -0.39 is 0 Å². The lowest BCUT2D eigenvalue weighted by molar-refractivity contribution is 0.294. The van der Waals surface area contributed by atoms with Crippen LogP contribution in [-0.2, 0) is 12.8 Å². The summed E-state index contributed by atoms with van der Waals surface area (Å²) < 4.78 is 11.4. The van der Waals surface area contributed by atoms with Crippen molar-refractivity contribution < 1.29 is 9.47 Å². The van der Waals surface area contributed by atoms with Gasteiger partial charge in [-0.15, -0.1) is 12.4 Å². The monoisotopic (exact) mass is 359 g/mol. The van der Waals surface area contributed by atoms with Crippen LogP contribution in [0.3, 0.4) is 0 Å². The highest BCUT2D eigenvalue weighted by Crippen LogP contribution is 2.34. The first-order valence-electron chi connectivity index (χ1n) is 8.66. The summed E-state index contributed by atoms with van der Waals surface area (Å²) in [4.78, 5) is 4.92. The Labute approximate surface area is 156 Å². The number of aliphatic imine (C=N–C) groups is 1. The Kier molecular flexibility index (Phi) is 6.89. The van der Waals surface area contributed by atoms with Crippen LogP contribution in [0.2, 0.25) is 0 Å². The van der Waals surface area contributed by atoms with Crippen molar-refractivity contribution in [1.82, 2.24) is 0 Å². The average Bonchev–Trinajstić information content (AvgIpc) is 2.60. The number of hydrogen-bond acceptors (Lipinski definition) is 3. The molecule has 0 saturated carbocycles. The van der Waals surface area contributed by atoms with Gasteiger partial charge in [0.25, 0.3) is 0 Å². The van der Waals surface area contributed by atoms with Crippen LogP contribution in [0.25, 0.3) is 0 Å². The van der Waals surface area contributed by atoms with E-state index in [1.807, 2.05) is 6.07 Å². The third-order valence-electron chi connectivity index (χ3n) is 4.27. The lowest BCUT2D eigenvalue weighted by Gasteiger charge is -2.23. The quantitative estimate of drug-likeness (QED) is 0.735. The Morgan fingerprint density at radius 2 is 1.88 bits per heavy atom. The molecule has 134 valence electrons. The number of ether oxygens (including phenoxy) is 2. The van der Waals surface area contributed by atoms with E-state index in [2.05, 4.69) is 50.2 Å². The van der Waals surface area contributed by atoms with Gasteiger partial charge in [-0.3, -0.25) is 4.99 Å². The van der Waals surface area contributed by atoms with Crippen molar-refractivity contribution in [1.29, 1.82) is 0 Å². The molecule has 0 bridgehead atoms. The van der Waals surface area contributed by atoms with Gasteiger partial charge in [-0.05, 0) is 43.0 Å². The van der Waals surface area contributed by atoms with Gasteiger partial charge in [-0.25, -0.2) is 0 Å². The number of hydrogen-bond donors (Lipinski definition) is 0. The molecule has 0 radical (unpaired) electrons. The molecule has 1 heterocycles. The molecule has 0 amide bonds. The van der Waals surface area contributed by atoms with Gasteiger partial charge < -0.3 is 9.47 Å². The molecule has 2 aromatic rings. The van der Waals surface area contributed by atoms with E-state index in [9.17, 15) is 0 Å². The molecule has 1 aliphatic rings. The topological polar surface area (TPSA) is 30.8 Å². The molecule has 2 aromatic carbocycles. The summed E-state index contributed by atoms with van der Waals surface area (Å²) in [5.41, 5.74) is 4.91. The van der Waals surface area contributed by atoms with Gasteiger partial charge in [0.05, 0.1) is 19.8 Å². The smallest absolute Gasteiger partial charge is 0.161 e. The van der Waals surface area contributed by atoms with E-state index in [0.717, 1.165) is 36.5 Å². The third kappa shape index (κ3) is 4.55. The van der Waals surface area contributed by atoms with Crippen LogP contribution in [0, 0.1) is 0 Å². The Bertz CT molecular complexity index is 728. The SMILES string of the molecule is CCCOc1cc2c(cc1OC)CC(C)N=C2Cc1ccccc1.Cl. The number of halogens is 1. The molecule has 4 heteroatoms. The van der Waals surface area contributed by atoms with E-state index in [0.29, 0.717) is 12.6 Å². The summed E-state index contributed by atoms with van der Waals surface area (Å²) in [7, 11) is 1.70. The highest BCUT2D eigenvalue weighted by molar-refractivity contribution is 6.04. The van der Waals surface area contributed by atoms with Crippen LogP contribution in [0.1, 0.15) is 37.0 Å². The van der Waals surface area contributed by atoms with Crippen molar-refractivity contribution in [2.24, 2.45) is 4.99 Å². The second-order valence-electron chi connectivity index (χ2n) is 6.30. The molecule has 3 nitrogen and oxygen atoms in total. The summed E-state index contributed by atoms with van der Waals surface area (Å²) in [5, 5.41) is 0. The van der Waals surface area contributed by atoms with Crippen molar-refractivity contribution in [2.45, 2.75) is 39.2 Å². The minimum atomic E-state index is 0. The van der Waals surface area contributed by atoms with E-state index in [1.54, 1.807) is 7.11 Å². The molecule has 0 saturated heterocycles. The summed E-state index contributed by atoms with van der Waals surface area (Å²) in [6.07, 6.45) is 2.76. The van der Waals surface area contributed by atoms with Crippen molar-refractivity contribution >= 4 is 18.1 Å². The minimum absolute atomic E-state index is 0. The molecule has 1 aliphatic heterocycles. The molecule has 1 atom stereocenters. The average molecular weight is 360 g/mol. The highest BCUT2D eigenvalue weighted by Gasteiger charge is 2.22. The highest BCUT2D eigenvalue weighted by atomic mass is 35.5. The van der Waals surface area contributed by atoms with Crippen LogP contribution in [0.4, 0.5) is 0 Å². The van der Waals surface area contributed by atoms with E-state index >= 15 is 0 Å². The Morgan fingerprint density at radius 3 is 2.56 bits per heavy atom. The lowest BCUT2D eigenvalue weighted by Crippen LogP contribution is -2.21. The maximum atomic E-state index is 5.89. The van der Waals surface area contributed by atoms with Crippen LogP contribution in [0.15, 0.2) is 47.5 Å². The Morgan fingerprint density at radius 1 is 1.12 bits per heavy atom. The van der Waals surface area contributed by atoms with Crippen molar-refractivity contribution in [2.75, 3.05) is 13.7 Å². The van der Waals surface area contributed by atoms with Gasteiger partial charge >= 0.3 is 0 Å². The second-order valence-corrected chi connectivity index (χ2v) is 6.30. The van der Waals surface area contributed by atoms with Gasteiger partial charge in [0, 0.05) is 17.7 Å². The predicted molar refractivity (Wildman–Crippen MR) is 106 cm³/mol. The zero-order chi connectivity index (χ0) is 16.9. The molecule has 1 unspecified atom stereocenters. The fraction of sp³-hybridized carbons (Fsp3) is 0.381. The zero-order valence-electron chi connectivity index (χ0n) is 15.1. The van der Waals surface area contributed by atoms with Crippen molar-refractivity contribution in [3.63, 3.8) is 0 Å². The number of benzene rings is 2. The Balaban J connectivity index is 0.00000225. The van der Waals surface area contributed by atoms with Crippen LogP contribution >= 0.6 is 12.4 Å². The maximum Gasteiger partial charge on any atom is 0.161 e. The molecular weight excluding hydrogens is 334 g/mol. The number of methoxy groups -OCH3 is 1. The first kappa shape index (κ1) is 19.3. The first-order valence-corrected chi connectivity index (χ1v) is 8.66. The van der Waals surface area contributed by atoms with E-state index in [1.165, 1.54) is 16.7 Å². The maximum absolute atomic E-state index is 5.89. The minimum Gasteiger partial charge on any atom is -0.493 e. The number of rotatable bonds is 6. The normalized spacial score (nSPS) is 15.6. The molecule has 25 heavy (non-hydrogen) atoms. The van der Waals surface area contributed by atoms with Crippen molar-refractivity contribution in [3.8, 4) is 11.5 Å². The molecule has 0 aromatic heterocycles. The van der Waals surface area contributed by atoms with Gasteiger partial charge in [0.15, 0.2) is 11.5 Å². The fourth-order valence-electron chi connectivity index (χ4n) is 3.15. The van der Waals surface area contributed by atoms with Gasteiger partial charge in [0.1, 0.15) is 0 Å². The number of fused-ring (bicyclic) bond motifs is 1.